The molecule has 0 aliphatic carbocycles. The number of nitrogens with one attached hydrogen (secondary N) is 1. The molecule has 3 rings (SSSR count). The minimum Gasteiger partial charge on any atom is -0.495 e. The second-order valence-corrected chi connectivity index (χ2v) is 11.3. The van der Waals surface area contributed by atoms with Gasteiger partial charge in [-0.2, -0.15) is 0 Å². The molecule has 2 amide bonds. The molecule has 0 aliphatic rings. The zero-order valence-electron chi connectivity index (χ0n) is 22.5. The van der Waals surface area contributed by atoms with Crippen molar-refractivity contribution in [1.82, 2.24) is 10.2 Å². The Hall–Kier alpha value is -3.92. The van der Waals surface area contributed by atoms with Crippen molar-refractivity contribution in [1.29, 1.82) is 0 Å². The number of halogens is 1. The molecule has 10 heteroatoms. The lowest BCUT2D eigenvalue weighted by Gasteiger charge is -2.32. The molecule has 1 atom stereocenters. The summed E-state index contributed by atoms with van der Waals surface area (Å²) in [5.41, 5.74) is 0.351. The number of amides is 2. The molecule has 0 aliphatic heterocycles. The van der Waals surface area contributed by atoms with E-state index in [1.807, 2.05) is 13.8 Å². The maximum atomic E-state index is 14.6. The van der Waals surface area contributed by atoms with Gasteiger partial charge >= 0.3 is 0 Å². The molecule has 0 aromatic heterocycles. The molecule has 0 unspecified atom stereocenters. The minimum atomic E-state index is -4.23. The van der Waals surface area contributed by atoms with Crippen LogP contribution in [0.2, 0.25) is 0 Å². The van der Waals surface area contributed by atoms with Crippen molar-refractivity contribution in [3.63, 3.8) is 0 Å². The van der Waals surface area contributed by atoms with Gasteiger partial charge in [0.1, 0.15) is 24.2 Å². The normalized spacial score (nSPS) is 12.1. The van der Waals surface area contributed by atoms with Gasteiger partial charge in [-0.1, -0.05) is 62.4 Å². The van der Waals surface area contributed by atoms with Gasteiger partial charge in [0.05, 0.1) is 17.7 Å². The smallest absolute Gasteiger partial charge is 0.264 e. The Labute approximate surface area is 229 Å². The molecule has 0 fully saturated rings. The third-order valence-corrected chi connectivity index (χ3v) is 7.89. The van der Waals surface area contributed by atoms with Crippen molar-refractivity contribution >= 4 is 27.5 Å². The van der Waals surface area contributed by atoms with Crippen LogP contribution in [-0.2, 0) is 26.2 Å². The summed E-state index contributed by atoms with van der Waals surface area (Å²) in [5.74, 6) is -1.23. The number of rotatable bonds is 12. The second-order valence-electron chi connectivity index (χ2n) is 9.42. The first kappa shape index (κ1) is 29.6. The summed E-state index contributed by atoms with van der Waals surface area (Å²) in [7, 11) is -2.83. The Kier molecular flexibility index (Phi) is 10.1. The van der Waals surface area contributed by atoms with Crippen LogP contribution in [0.25, 0.3) is 0 Å². The van der Waals surface area contributed by atoms with E-state index < -0.39 is 40.2 Å². The fourth-order valence-corrected chi connectivity index (χ4v) is 5.36. The molecule has 208 valence electrons. The third-order valence-electron chi connectivity index (χ3n) is 6.11. The number of anilines is 1. The van der Waals surface area contributed by atoms with Crippen LogP contribution in [0.3, 0.4) is 0 Å². The molecule has 0 saturated carbocycles. The highest BCUT2D eigenvalue weighted by Gasteiger charge is 2.34. The first-order chi connectivity index (χ1) is 18.6. The molecule has 39 heavy (non-hydrogen) atoms. The zero-order valence-corrected chi connectivity index (χ0v) is 23.3. The number of para-hydroxylation sites is 2. The first-order valence-electron chi connectivity index (χ1n) is 12.6. The summed E-state index contributed by atoms with van der Waals surface area (Å²) in [6, 6.07) is 19.1. The summed E-state index contributed by atoms with van der Waals surface area (Å²) >= 11 is 0. The van der Waals surface area contributed by atoms with Crippen molar-refractivity contribution in [3.8, 4) is 5.75 Å². The predicted octanol–water partition coefficient (Wildman–Crippen LogP) is 4.22. The van der Waals surface area contributed by atoms with E-state index in [4.69, 9.17) is 4.74 Å². The van der Waals surface area contributed by atoms with Gasteiger partial charge in [-0.05, 0) is 43.2 Å². The van der Waals surface area contributed by atoms with E-state index in [9.17, 15) is 22.4 Å². The average Bonchev–Trinajstić information content (AvgIpc) is 2.94. The number of sulfonamides is 1. The summed E-state index contributed by atoms with van der Waals surface area (Å²) in [4.78, 5) is 28.0. The van der Waals surface area contributed by atoms with E-state index in [1.54, 1.807) is 42.5 Å². The van der Waals surface area contributed by atoms with Crippen molar-refractivity contribution in [2.45, 2.75) is 38.3 Å². The highest BCUT2D eigenvalue weighted by Crippen LogP contribution is 2.32. The Morgan fingerprint density at radius 1 is 0.923 bits per heavy atom. The average molecular weight is 556 g/mol. The Morgan fingerprint density at radius 3 is 2.18 bits per heavy atom. The van der Waals surface area contributed by atoms with Gasteiger partial charge in [-0.25, -0.2) is 12.8 Å². The summed E-state index contributed by atoms with van der Waals surface area (Å²) in [6.45, 7) is 4.93. The molecule has 0 saturated heterocycles. The Morgan fingerprint density at radius 2 is 1.54 bits per heavy atom. The number of ether oxygens (including phenoxy) is 1. The zero-order chi connectivity index (χ0) is 28.6. The SMILES string of the molecule is COc1ccccc1N(CC(=O)N(Cc1ccccc1F)[C@H](C)C(=O)NCC(C)C)S(=O)(=O)c1ccccc1. The fourth-order valence-electron chi connectivity index (χ4n) is 3.91. The molecule has 8 nitrogen and oxygen atoms in total. The molecule has 0 spiro atoms. The number of carbonyl (C=O) groups excluding carboxylic acids is 2. The number of hydrogen-bond donors (Lipinski definition) is 1. The van der Waals surface area contributed by atoms with Crippen molar-refractivity contribution in [2.75, 3.05) is 24.5 Å². The largest absolute Gasteiger partial charge is 0.495 e. The molecule has 3 aromatic carbocycles. The summed E-state index contributed by atoms with van der Waals surface area (Å²) in [5, 5.41) is 2.80. The summed E-state index contributed by atoms with van der Waals surface area (Å²) in [6.07, 6.45) is 0. The maximum Gasteiger partial charge on any atom is 0.264 e. The van der Waals surface area contributed by atoms with E-state index >= 15 is 0 Å². The van der Waals surface area contributed by atoms with Gasteiger partial charge in [0, 0.05) is 18.7 Å². The standard InChI is InChI=1S/C29H34FN3O5S/c1-21(2)18-31-29(35)22(3)32(19-23-12-8-9-15-25(23)30)28(34)20-33(26-16-10-11-17-27(26)38-4)39(36,37)24-13-6-5-7-14-24/h5-17,21-22H,18-20H2,1-4H3,(H,31,35)/t22-/m1/s1. The topological polar surface area (TPSA) is 96.0 Å². The number of carbonyl (C=O) groups is 2. The second kappa shape index (κ2) is 13.2. The van der Waals surface area contributed by atoms with Gasteiger partial charge in [0.2, 0.25) is 11.8 Å². The van der Waals surface area contributed by atoms with Gasteiger partial charge in [0.25, 0.3) is 10.0 Å². The van der Waals surface area contributed by atoms with Crippen molar-refractivity contribution in [3.05, 3.63) is 90.2 Å². The molecular formula is C29H34FN3O5S. The number of hydrogen-bond acceptors (Lipinski definition) is 5. The molecule has 0 heterocycles. The van der Waals surface area contributed by atoms with Gasteiger partial charge < -0.3 is 15.0 Å². The van der Waals surface area contributed by atoms with Crippen LogP contribution in [-0.4, -0.2) is 51.4 Å². The highest BCUT2D eigenvalue weighted by atomic mass is 32.2. The number of benzene rings is 3. The van der Waals surface area contributed by atoms with E-state index in [0.717, 1.165) is 4.31 Å². The van der Waals surface area contributed by atoms with Crippen LogP contribution >= 0.6 is 0 Å². The van der Waals surface area contributed by atoms with Crippen LogP contribution in [0.15, 0.2) is 83.8 Å². The van der Waals surface area contributed by atoms with Crippen molar-refractivity contribution in [2.24, 2.45) is 5.92 Å². The Balaban J connectivity index is 2.05. The van der Waals surface area contributed by atoms with Crippen LogP contribution in [0.4, 0.5) is 10.1 Å². The maximum absolute atomic E-state index is 14.6. The fraction of sp³-hybridized carbons (Fsp3) is 0.310. The molecular weight excluding hydrogens is 521 g/mol. The lowest BCUT2D eigenvalue weighted by atomic mass is 10.1. The van der Waals surface area contributed by atoms with Gasteiger partial charge in [-0.3, -0.25) is 13.9 Å². The summed E-state index contributed by atoms with van der Waals surface area (Å²) < 4.78 is 48.6. The minimum absolute atomic E-state index is 0.0212. The Bertz CT molecular complexity index is 1380. The van der Waals surface area contributed by atoms with Crippen LogP contribution in [0.5, 0.6) is 5.75 Å². The molecule has 0 radical (unpaired) electrons. The van der Waals surface area contributed by atoms with Crippen molar-refractivity contribution < 1.29 is 27.1 Å². The van der Waals surface area contributed by atoms with Crippen LogP contribution < -0.4 is 14.4 Å². The monoisotopic (exact) mass is 555 g/mol. The van der Waals surface area contributed by atoms with Crippen LogP contribution in [0, 0.1) is 11.7 Å². The van der Waals surface area contributed by atoms with Crippen LogP contribution in [0.1, 0.15) is 26.3 Å². The van der Waals surface area contributed by atoms with E-state index in [1.165, 1.54) is 55.3 Å². The predicted molar refractivity (Wildman–Crippen MR) is 148 cm³/mol. The number of methoxy groups -OCH3 is 1. The molecule has 0 bridgehead atoms. The lowest BCUT2D eigenvalue weighted by molar-refractivity contribution is -0.139. The third kappa shape index (κ3) is 7.35. The number of nitrogens with zero attached hydrogens (tertiary/aromatic N) is 2. The van der Waals surface area contributed by atoms with E-state index in [2.05, 4.69) is 5.32 Å². The van der Waals surface area contributed by atoms with Gasteiger partial charge in [-0.15, -0.1) is 0 Å². The lowest BCUT2D eigenvalue weighted by Crippen LogP contribution is -2.51. The first-order valence-corrected chi connectivity index (χ1v) is 14.0. The van der Waals surface area contributed by atoms with E-state index in [0.29, 0.717) is 6.54 Å². The van der Waals surface area contributed by atoms with E-state index in [-0.39, 0.29) is 34.4 Å². The molecule has 1 N–H and O–H groups in total. The highest BCUT2D eigenvalue weighted by molar-refractivity contribution is 7.92. The quantitative estimate of drug-likeness (QED) is 0.361. The molecule has 3 aromatic rings. The van der Waals surface area contributed by atoms with Gasteiger partial charge in [0.15, 0.2) is 0 Å².